The van der Waals surface area contributed by atoms with Crippen LogP contribution >= 0.6 is 0 Å². The molecule has 0 radical (unpaired) electrons. The van der Waals surface area contributed by atoms with Crippen LogP contribution in [-0.2, 0) is 20.8 Å². The van der Waals surface area contributed by atoms with Crippen molar-refractivity contribution in [3.63, 3.8) is 0 Å². The second-order valence-corrected chi connectivity index (χ2v) is 7.94. The van der Waals surface area contributed by atoms with Crippen molar-refractivity contribution in [1.29, 1.82) is 0 Å². The highest BCUT2D eigenvalue weighted by molar-refractivity contribution is 5.81. The summed E-state index contributed by atoms with van der Waals surface area (Å²) < 4.78 is 0. The predicted octanol–water partition coefficient (Wildman–Crippen LogP) is 2.57. The summed E-state index contributed by atoms with van der Waals surface area (Å²) in [5.74, 6) is -1.16. The fourth-order valence-electron chi connectivity index (χ4n) is 4.34. The third-order valence-corrected chi connectivity index (χ3v) is 6.00. The second-order valence-electron chi connectivity index (χ2n) is 7.94. The van der Waals surface area contributed by atoms with Crippen LogP contribution in [0.15, 0.2) is 30.3 Å². The molecule has 28 heavy (non-hydrogen) atoms. The maximum Gasteiger partial charge on any atom is 0.306 e. The molecule has 1 saturated carbocycles. The van der Waals surface area contributed by atoms with Crippen molar-refractivity contribution in [2.45, 2.75) is 44.9 Å². The number of carbonyl (C=O) groups excluding carboxylic acids is 2. The lowest BCUT2D eigenvalue weighted by Crippen LogP contribution is -2.41. The maximum absolute atomic E-state index is 12.9. The van der Waals surface area contributed by atoms with Crippen molar-refractivity contribution in [1.82, 2.24) is 9.80 Å². The van der Waals surface area contributed by atoms with Gasteiger partial charge in [-0.3, -0.25) is 14.4 Å². The Morgan fingerprint density at radius 2 is 1.57 bits per heavy atom. The Kier molecular flexibility index (Phi) is 7.06. The van der Waals surface area contributed by atoms with Gasteiger partial charge in [-0.1, -0.05) is 36.8 Å². The molecule has 2 amide bonds. The summed E-state index contributed by atoms with van der Waals surface area (Å²) in [5, 5.41) is 9.25. The summed E-state index contributed by atoms with van der Waals surface area (Å²) in [7, 11) is 0. The first-order chi connectivity index (χ1) is 13.5. The molecule has 6 heteroatoms. The molecule has 2 aliphatic rings. The second kappa shape index (κ2) is 9.71. The van der Waals surface area contributed by atoms with Crippen LogP contribution in [0.1, 0.15) is 44.1 Å². The highest BCUT2D eigenvalue weighted by Gasteiger charge is 2.34. The quantitative estimate of drug-likeness (QED) is 0.844. The zero-order valence-corrected chi connectivity index (χ0v) is 16.4. The van der Waals surface area contributed by atoms with E-state index in [9.17, 15) is 19.5 Å². The Balaban J connectivity index is 1.49. The fourth-order valence-corrected chi connectivity index (χ4v) is 4.34. The Bertz CT molecular complexity index is 691. The number of rotatable bonds is 5. The molecule has 1 aliphatic carbocycles. The zero-order valence-electron chi connectivity index (χ0n) is 16.4. The summed E-state index contributed by atoms with van der Waals surface area (Å²) in [5.41, 5.74) is 1.16. The highest BCUT2D eigenvalue weighted by Crippen LogP contribution is 2.30. The van der Waals surface area contributed by atoms with E-state index in [1.165, 1.54) is 0 Å². The Morgan fingerprint density at radius 3 is 2.32 bits per heavy atom. The average molecular weight is 386 g/mol. The van der Waals surface area contributed by atoms with Crippen LogP contribution in [0.2, 0.25) is 0 Å². The Labute approximate surface area is 166 Å². The number of hydrogen-bond acceptors (Lipinski definition) is 3. The first-order valence-corrected chi connectivity index (χ1v) is 10.4. The van der Waals surface area contributed by atoms with Crippen molar-refractivity contribution >= 4 is 17.8 Å². The number of carbonyl (C=O) groups is 3. The molecule has 1 heterocycles. The number of hydrogen-bond donors (Lipinski definition) is 1. The van der Waals surface area contributed by atoms with E-state index in [1.54, 1.807) is 0 Å². The minimum atomic E-state index is -0.788. The molecule has 0 aromatic heterocycles. The van der Waals surface area contributed by atoms with Gasteiger partial charge in [-0.2, -0.15) is 0 Å². The van der Waals surface area contributed by atoms with E-state index >= 15 is 0 Å². The van der Waals surface area contributed by atoms with E-state index in [0.29, 0.717) is 45.4 Å². The molecular weight excluding hydrogens is 356 g/mol. The zero-order chi connectivity index (χ0) is 19.9. The molecule has 1 aliphatic heterocycles. The number of nitrogens with zero attached hydrogens (tertiary/aromatic N) is 2. The summed E-state index contributed by atoms with van der Waals surface area (Å²) in [4.78, 5) is 40.5. The minimum Gasteiger partial charge on any atom is -0.481 e. The molecule has 1 aromatic rings. The van der Waals surface area contributed by atoms with Crippen LogP contribution in [-0.4, -0.2) is 58.9 Å². The first kappa shape index (κ1) is 20.4. The van der Waals surface area contributed by atoms with Crippen LogP contribution in [0.3, 0.4) is 0 Å². The molecule has 2 atom stereocenters. The van der Waals surface area contributed by atoms with Gasteiger partial charge < -0.3 is 14.9 Å². The largest absolute Gasteiger partial charge is 0.481 e. The highest BCUT2D eigenvalue weighted by atomic mass is 16.4. The van der Waals surface area contributed by atoms with Crippen molar-refractivity contribution in [2.24, 2.45) is 11.8 Å². The maximum atomic E-state index is 12.9. The predicted molar refractivity (Wildman–Crippen MR) is 106 cm³/mol. The number of aliphatic carboxylic acids is 1. The number of amides is 2. The van der Waals surface area contributed by atoms with Gasteiger partial charge in [0.2, 0.25) is 11.8 Å². The lowest BCUT2D eigenvalue weighted by atomic mass is 9.80. The molecule has 6 nitrogen and oxygen atoms in total. The van der Waals surface area contributed by atoms with Crippen LogP contribution in [0.5, 0.6) is 0 Å². The molecule has 0 bridgehead atoms. The molecular formula is C22H30N2O4. The lowest BCUT2D eigenvalue weighted by Gasteiger charge is -2.30. The van der Waals surface area contributed by atoms with Gasteiger partial charge in [0, 0.05) is 38.5 Å². The van der Waals surface area contributed by atoms with Gasteiger partial charge >= 0.3 is 5.97 Å². The Morgan fingerprint density at radius 1 is 0.893 bits per heavy atom. The monoisotopic (exact) mass is 386 g/mol. The van der Waals surface area contributed by atoms with Crippen molar-refractivity contribution in [3.8, 4) is 0 Å². The van der Waals surface area contributed by atoms with Crippen LogP contribution in [0.4, 0.5) is 0 Å². The van der Waals surface area contributed by atoms with E-state index < -0.39 is 11.9 Å². The topological polar surface area (TPSA) is 77.9 Å². The average Bonchev–Trinajstić information content (AvgIpc) is 2.98. The molecule has 3 rings (SSSR count). The van der Waals surface area contributed by atoms with Crippen molar-refractivity contribution < 1.29 is 19.5 Å². The van der Waals surface area contributed by atoms with E-state index in [-0.39, 0.29) is 17.7 Å². The van der Waals surface area contributed by atoms with Gasteiger partial charge in [0.15, 0.2) is 0 Å². The summed E-state index contributed by atoms with van der Waals surface area (Å²) in [6.45, 7) is 2.44. The van der Waals surface area contributed by atoms with Crippen LogP contribution < -0.4 is 0 Å². The molecule has 2 unspecified atom stereocenters. The third-order valence-electron chi connectivity index (χ3n) is 6.00. The molecule has 1 saturated heterocycles. The van der Waals surface area contributed by atoms with Gasteiger partial charge in [-0.15, -0.1) is 0 Å². The molecule has 2 fully saturated rings. The first-order valence-electron chi connectivity index (χ1n) is 10.4. The number of carboxylic acids is 1. The van der Waals surface area contributed by atoms with E-state index in [2.05, 4.69) is 0 Å². The van der Waals surface area contributed by atoms with E-state index in [0.717, 1.165) is 31.2 Å². The van der Waals surface area contributed by atoms with Gasteiger partial charge in [-0.25, -0.2) is 0 Å². The van der Waals surface area contributed by atoms with Gasteiger partial charge in [-0.05, 0) is 37.7 Å². The van der Waals surface area contributed by atoms with Gasteiger partial charge in [0.25, 0.3) is 0 Å². The number of aryl methyl sites for hydroxylation is 1. The number of carboxylic acid groups (broad SMARTS) is 1. The van der Waals surface area contributed by atoms with Crippen molar-refractivity contribution in [2.75, 3.05) is 26.2 Å². The summed E-state index contributed by atoms with van der Waals surface area (Å²) in [6, 6.07) is 10.00. The summed E-state index contributed by atoms with van der Waals surface area (Å²) >= 11 is 0. The lowest BCUT2D eigenvalue weighted by molar-refractivity contribution is -0.145. The normalized spacial score (nSPS) is 23.1. The third kappa shape index (κ3) is 5.33. The standard InChI is InChI=1S/C22H30N2O4/c25-20(11-10-17-6-2-1-3-7-17)23-12-5-13-24(15-14-23)21(26)18-8-4-9-19(16-18)22(27)28/h1-3,6-7,18-19H,4-5,8-16H2,(H,27,28). The molecule has 1 N–H and O–H groups in total. The SMILES string of the molecule is O=C(O)C1CCCC(C(=O)N2CCCN(C(=O)CCc3ccccc3)CC2)C1. The molecule has 1 aromatic carbocycles. The smallest absolute Gasteiger partial charge is 0.306 e. The van der Waals surface area contributed by atoms with Crippen LogP contribution in [0.25, 0.3) is 0 Å². The fraction of sp³-hybridized carbons (Fsp3) is 0.591. The summed E-state index contributed by atoms with van der Waals surface area (Å²) in [6.07, 6.45) is 4.69. The van der Waals surface area contributed by atoms with Crippen LogP contribution in [0, 0.1) is 11.8 Å². The van der Waals surface area contributed by atoms with E-state index in [4.69, 9.17) is 0 Å². The van der Waals surface area contributed by atoms with Crippen molar-refractivity contribution in [3.05, 3.63) is 35.9 Å². The minimum absolute atomic E-state index is 0.0736. The Hall–Kier alpha value is -2.37. The molecule has 0 spiro atoms. The molecule has 152 valence electrons. The van der Waals surface area contributed by atoms with Gasteiger partial charge in [0.05, 0.1) is 5.92 Å². The number of benzene rings is 1. The van der Waals surface area contributed by atoms with E-state index in [1.807, 2.05) is 40.1 Å². The van der Waals surface area contributed by atoms with Gasteiger partial charge in [0.1, 0.15) is 0 Å².